The number of anilines is 1. The highest BCUT2D eigenvalue weighted by Crippen LogP contribution is 2.34. The van der Waals surface area contributed by atoms with Crippen molar-refractivity contribution >= 4 is 37.4 Å². The molecule has 0 unspecified atom stereocenters. The molecule has 0 N–H and O–H groups in total. The normalized spacial score (nSPS) is 14.4. The van der Waals surface area contributed by atoms with E-state index in [0.29, 0.717) is 11.3 Å². The Morgan fingerprint density at radius 3 is 2.43 bits per heavy atom. The second-order valence-electron chi connectivity index (χ2n) is 4.91. The molecule has 0 aliphatic carbocycles. The van der Waals surface area contributed by atoms with E-state index in [9.17, 15) is 13.2 Å². The molecule has 2 aromatic rings. The molecule has 0 saturated heterocycles. The highest BCUT2D eigenvalue weighted by atomic mass is 79.9. The number of nitrogens with zero attached hydrogens (tertiary/aromatic N) is 1. The Labute approximate surface area is 131 Å². The molecule has 0 fully saturated rings. The first-order chi connectivity index (χ1) is 9.89. The lowest BCUT2D eigenvalue weighted by molar-refractivity contribution is 0.101. The molecule has 0 radical (unpaired) electrons. The zero-order valence-corrected chi connectivity index (χ0v) is 13.6. The number of aryl methyl sites for hydroxylation is 1. The molecule has 0 spiro atoms. The summed E-state index contributed by atoms with van der Waals surface area (Å²) < 4.78 is 27.3. The lowest BCUT2D eigenvalue weighted by atomic mass is 10.1. The molecule has 21 heavy (non-hydrogen) atoms. The third-order valence-corrected chi connectivity index (χ3v) is 5.69. The Morgan fingerprint density at radius 1 is 1.10 bits per heavy atom. The monoisotopic (exact) mass is 365 g/mol. The van der Waals surface area contributed by atoms with E-state index in [4.69, 9.17) is 0 Å². The van der Waals surface area contributed by atoms with Crippen molar-refractivity contribution in [3.05, 3.63) is 58.1 Å². The average molecular weight is 366 g/mol. The minimum atomic E-state index is -3.72. The molecule has 6 heteroatoms. The third-order valence-electron chi connectivity index (χ3n) is 3.42. The van der Waals surface area contributed by atoms with Crippen molar-refractivity contribution in [1.29, 1.82) is 0 Å². The number of rotatable bonds is 2. The maximum atomic E-state index is 12.7. The van der Waals surface area contributed by atoms with Crippen LogP contribution in [0.5, 0.6) is 0 Å². The lowest BCUT2D eigenvalue weighted by Gasteiger charge is -2.18. The third kappa shape index (κ3) is 2.38. The van der Waals surface area contributed by atoms with Crippen LogP contribution >= 0.6 is 15.9 Å². The molecule has 0 bridgehead atoms. The second-order valence-corrected chi connectivity index (χ2v) is 7.69. The van der Waals surface area contributed by atoms with Gasteiger partial charge in [-0.3, -0.25) is 9.10 Å². The number of carbonyl (C=O) groups excluding carboxylic acids is 1. The smallest absolute Gasteiger partial charge is 0.264 e. The molecule has 108 valence electrons. The van der Waals surface area contributed by atoms with E-state index in [1.807, 2.05) is 6.92 Å². The van der Waals surface area contributed by atoms with Gasteiger partial charge >= 0.3 is 0 Å². The van der Waals surface area contributed by atoms with Gasteiger partial charge in [0.2, 0.25) is 0 Å². The zero-order chi connectivity index (χ0) is 15.2. The van der Waals surface area contributed by atoms with Crippen LogP contribution < -0.4 is 4.31 Å². The average Bonchev–Trinajstić information content (AvgIpc) is 2.77. The number of benzene rings is 2. The van der Waals surface area contributed by atoms with Gasteiger partial charge in [0.25, 0.3) is 10.0 Å². The van der Waals surface area contributed by atoms with Gasteiger partial charge in [0.05, 0.1) is 17.1 Å². The van der Waals surface area contributed by atoms with E-state index >= 15 is 0 Å². The highest BCUT2D eigenvalue weighted by Gasteiger charge is 2.35. The van der Waals surface area contributed by atoms with Gasteiger partial charge < -0.3 is 0 Å². The summed E-state index contributed by atoms with van der Waals surface area (Å²) in [5.41, 5.74) is 1.85. The quantitative estimate of drug-likeness (QED) is 0.821. The summed E-state index contributed by atoms with van der Waals surface area (Å²) in [6.45, 7) is 1.74. The molecule has 0 atom stereocenters. The van der Waals surface area contributed by atoms with E-state index in [2.05, 4.69) is 15.9 Å². The first-order valence-electron chi connectivity index (χ1n) is 6.32. The molecule has 1 heterocycles. The molecule has 0 saturated carbocycles. The number of carbonyl (C=O) groups is 1. The summed E-state index contributed by atoms with van der Waals surface area (Å²) in [6.07, 6.45) is 0. The van der Waals surface area contributed by atoms with Gasteiger partial charge in [-0.25, -0.2) is 8.42 Å². The lowest BCUT2D eigenvalue weighted by Crippen LogP contribution is -2.30. The number of halogens is 1. The van der Waals surface area contributed by atoms with Crippen LogP contribution in [0.25, 0.3) is 0 Å². The standard InChI is InChI=1S/C15H12BrNO3S/c1-10-2-5-12(6-3-10)21(19,20)17-9-15(18)13-8-11(16)4-7-14(13)17/h2-8H,9H2,1H3. The Hall–Kier alpha value is -1.66. The number of sulfonamides is 1. The van der Waals surface area contributed by atoms with Crippen LogP contribution in [0, 0.1) is 6.92 Å². The maximum Gasteiger partial charge on any atom is 0.264 e. The van der Waals surface area contributed by atoms with Crippen molar-refractivity contribution in [2.75, 3.05) is 10.8 Å². The van der Waals surface area contributed by atoms with Crippen LogP contribution in [0.3, 0.4) is 0 Å². The number of hydrogen-bond acceptors (Lipinski definition) is 3. The Balaban J connectivity index is 2.10. The summed E-state index contributed by atoms with van der Waals surface area (Å²) in [6, 6.07) is 11.6. The minimum absolute atomic E-state index is 0.151. The van der Waals surface area contributed by atoms with E-state index in [-0.39, 0.29) is 17.2 Å². The molecule has 2 aromatic carbocycles. The topological polar surface area (TPSA) is 54.5 Å². The molecular formula is C15H12BrNO3S. The van der Waals surface area contributed by atoms with Crippen LogP contribution in [0.4, 0.5) is 5.69 Å². The number of hydrogen-bond donors (Lipinski definition) is 0. The fraction of sp³-hybridized carbons (Fsp3) is 0.133. The minimum Gasteiger partial charge on any atom is -0.292 e. The Morgan fingerprint density at radius 2 is 1.76 bits per heavy atom. The largest absolute Gasteiger partial charge is 0.292 e. The van der Waals surface area contributed by atoms with Gasteiger partial charge in [-0.05, 0) is 37.3 Å². The van der Waals surface area contributed by atoms with Crippen LogP contribution in [0.2, 0.25) is 0 Å². The van der Waals surface area contributed by atoms with Gasteiger partial charge in [-0.1, -0.05) is 33.6 Å². The van der Waals surface area contributed by atoms with Crippen LogP contribution in [-0.2, 0) is 10.0 Å². The first kappa shape index (κ1) is 14.3. The van der Waals surface area contributed by atoms with Crippen LogP contribution in [0.1, 0.15) is 15.9 Å². The van der Waals surface area contributed by atoms with Crippen LogP contribution in [-0.4, -0.2) is 20.7 Å². The van der Waals surface area contributed by atoms with Gasteiger partial charge in [0, 0.05) is 10.0 Å². The molecule has 0 amide bonds. The van der Waals surface area contributed by atoms with Crippen LogP contribution in [0.15, 0.2) is 51.8 Å². The Kier molecular flexibility index (Phi) is 3.37. The van der Waals surface area contributed by atoms with E-state index in [0.717, 1.165) is 10.0 Å². The van der Waals surface area contributed by atoms with Crippen molar-refractivity contribution in [1.82, 2.24) is 0 Å². The predicted molar refractivity (Wildman–Crippen MR) is 84.2 cm³/mol. The maximum absolute atomic E-state index is 12.7. The Bertz CT molecular complexity index is 828. The van der Waals surface area contributed by atoms with Gasteiger partial charge in [-0.15, -0.1) is 0 Å². The van der Waals surface area contributed by atoms with Crippen molar-refractivity contribution in [2.24, 2.45) is 0 Å². The fourth-order valence-electron chi connectivity index (χ4n) is 2.30. The predicted octanol–water partition coefficient (Wildman–Crippen LogP) is 3.15. The van der Waals surface area contributed by atoms with Crippen molar-refractivity contribution in [3.8, 4) is 0 Å². The van der Waals surface area contributed by atoms with Crippen molar-refractivity contribution in [3.63, 3.8) is 0 Å². The fourth-order valence-corrected chi connectivity index (χ4v) is 4.10. The summed E-state index contributed by atoms with van der Waals surface area (Å²) in [7, 11) is -3.72. The molecule has 3 rings (SSSR count). The van der Waals surface area contributed by atoms with Gasteiger partial charge in [0.15, 0.2) is 5.78 Å². The van der Waals surface area contributed by atoms with Crippen molar-refractivity contribution < 1.29 is 13.2 Å². The van der Waals surface area contributed by atoms with E-state index in [1.54, 1.807) is 42.5 Å². The van der Waals surface area contributed by atoms with Gasteiger partial charge in [0.1, 0.15) is 0 Å². The molecule has 1 aliphatic heterocycles. The molecular weight excluding hydrogens is 354 g/mol. The summed E-state index contributed by atoms with van der Waals surface area (Å²) in [5, 5.41) is 0. The van der Waals surface area contributed by atoms with E-state index in [1.165, 1.54) is 4.31 Å². The number of ketones is 1. The molecule has 0 aromatic heterocycles. The van der Waals surface area contributed by atoms with Gasteiger partial charge in [-0.2, -0.15) is 0 Å². The SMILES string of the molecule is Cc1ccc(S(=O)(=O)N2CC(=O)c3cc(Br)ccc32)cc1. The van der Waals surface area contributed by atoms with E-state index < -0.39 is 10.0 Å². The second kappa shape index (κ2) is 4.96. The summed E-state index contributed by atoms with van der Waals surface area (Å²) >= 11 is 3.30. The molecule has 4 nitrogen and oxygen atoms in total. The van der Waals surface area contributed by atoms with Crippen molar-refractivity contribution in [2.45, 2.75) is 11.8 Å². The zero-order valence-electron chi connectivity index (χ0n) is 11.2. The first-order valence-corrected chi connectivity index (χ1v) is 8.55. The summed E-state index contributed by atoms with van der Waals surface area (Å²) in [4.78, 5) is 12.2. The summed E-state index contributed by atoms with van der Waals surface area (Å²) in [5.74, 6) is -0.193. The highest BCUT2D eigenvalue weighted by molar-refractivity contribution is 9.10. The number of Topliss-reactive ketones (excluding diaryl/α,β-unsaturated/α-hetero) is 1. The molecule has 1 aliphatic rings. The number of fused-ring (bicyclic) bond motifs is 1.